The number of nitrogens with one attached hydrogen (secondary N) is 2. The number of hydrogen-bond acceptors (Lipinski definition) is 5. The van der Waals surface area contributed by atoms with Crippen molar-refractivity contribution in [2.45, 2.75) is 65.4 Å². The van der Waals surface area contributed by atoms with E-state index in [-0.39, 0.29) is 6.10 Å². The van der Waals surface area contributed by atoms with Gasteiger partial charge in [-0.2, -0.15) is 0 Å². The molecule has 0 spiro atoms. The molecule has 1 aromatic heterocycles. The van der Waals surface area contributed by atoms with Crippen LogP contribution in [0.25, 0.3) is 0 Å². The smallest absolute Gasteiger partial charge is 0.136 e. The average molecular weight is 369 g/mol. The quantitative estimate of drug-likeness (QED) is 0.688. The summed E-state index contributed by atoms with van der Waals surface area (Å²) in [6.07, 6.45) is 2.54. The van der Waals surface area contributed by atoms with Crippen molar-refractivity contribution in [1.29, 1.82) is 0 Å². The minimum atomic E-state index is 0.283. The zero-order chi connectivity index (χ0) is 19.4. The highest BCUT2D eigenvalue weighted by Crippen LogP contribution is 2.34. The minimum absolute atomic E-state index is 0.283. The van der Waals surface area contributed by atoms with Crippen molar-refractivity contribution in [3.8, 4) is 0 Å². The molecule has 1 saturated heterocycles. The van der Waals surface area contributed by atoms with Gasteiger partial charge in [-0.15, -0.1) is 0 Å². The maximum atomic E-state index is 5.69. The molecule has 146 valence electrons. The van der Waals surface area contributed by atoms with Crippen molar-refractivity contribution in [1.82, 2.24) is 9.97 Å². The highest BCUT2D eigenvalue weighted by molar-refractivity contribution is 5.68. The molecule has 5 heteroatoms. The van der Waals surface area contributed by atoms with Crippen LogP contribution in [-0.2, 0) is 4.74 Å². The molecule has 1 fully saturated rings. The third kappa shape index (κ3) is 4.98. The Morgan fingerprint density at radius 2 is 1.74 bits per heavy atom. The van der Waals surface area contributed by atoms with Crippen LogP contribution in [0, 0.1) is 6.92 Å². The van der Waals surface area contributed by atoms with Gasteiger partial charge in [0, 0.05) is 24.9 Å². The molecule has 1 aromatic carbocycles. The lowest BCUT2D eigenvalue weighted by Gasteiger charge is -2.21. The molecule has 0 bridgehead atoms. The number of ether oxygens (including phenoxy) is 1. The van der Waals surface area contributed by atoms with E-state index in [2.05, 4.69) is 66.5 Å². The molecule has 2 aromatic rings. The lowest BCUT2D eigenvalue weighted by molar-refractivity contribution is 0.120. The molecule has 0 radical (unpaired) electrons. The van der Waals surface area contributed by atoms with Crippen LogP contribution in [0.1, 0.15) is 69.3 Å². The normalized spacial score (nSPS) is 16.9. The number of rotatable bonds is 7. The second-order valence-corrected chi connectivity index (χ2v) is 7.95. The fourth-order valence-electron chi connectivity index (χ4n) is 3.57. The van der Waals surface area contributed by atoms with Gasteiger partial charge in [-0.05, 0) is 42.7 Å². The Labute approximate surface area is 163 Å². The molecule has 1 unspecified atom stereocenters. The topological polar surface area (TPSA) is 59.1 Å². The number of aromatic nitrogens is 2. The number of hydrogen-bond donors (Lipinski definition) is 2. The van der Waals surface area contributed by atoms with Crippen LogP contribution in [0.4, 0.5) is 17.3 Å². The van der Waals surface area contributed by atoms with Gasteiger partial charge in [0.1, 0.15) is 17.5 Å². The van der Waals surface area contributed by atoms with Crippen molar-refractivity contribution in [2.24, 2.45) is 0 Å². The Balaban J connectivity index is 1.84. The zero-order valence-electron chi connectivity index (χ0n) is 17.2. The highest BCUT2D eigenvalue weighted by atomic mass is 16.5. The van der Waals surface area contributed by atoms with Gasteiger partial charge in [0.15, 0.2) is 0 Å². The van der Waals surface area contributed by atoms with Crippen molar-refractivity contribution in [2.75, 3.05) is 23.8 Å². The van der Waals surface area contributed by atoms with Gasteiger partial charge in [-0.25, -0.2) is 9.97 Å². The number of para-hydroxylation sites is 1. The molecule has 5 nitrogen and oxygen atoms in total. The lowest BCUT2D eigenvalue weighted by atomic mass is 9.92. The molecule has 1 aliphatic rings. The molecule has 1 atom stereocenters. The monoisotopic (exact) mass is 368 g/mol. The Hall–Kier alpha value is -2.14. The largest absolute Gasteiger partial charge is 0.376 e. The molecular formula is C22H32N4O. The lowest BCUT2D eigenvalue weighted by Crippen LogP contribution is -2.19. The first-order valence-corrected chi connectivity index (χ1v) is 10.0. The maximum absolute atomic E-state index is 5.69. The van der Waals surface area contributed by atoms with Crippen LogP contribution < -0.4 is 10.6 Å². The fraction of sp³-hybridized carbons (Fsp3) is 0.545. The Bertz CT molecular complexity index is 741. The Morgan fingerprint density at radius 3 is 2.33 bits per heavy atom. The van der Waals surface area contributed by atoms with Gasteiger partial charge in [-0.1, -0.05) is 45.9 Å². The standard InChI is InChI=1S/C22H32N4O/c1-14(2)18-9-6-10-19(15(3)4)22(18)26-21-12-20(24-16(5)25-21)23-13-17-8-7-11-27-17/h6,9-10,12,14-15,17H,7-8,11,13H2,1-5H3,(H2,23,24,25,26). The van der Waals surface area contributed by atoms with E-state index < -0.39 is 0 Å². The van der Waals surface area contributed by atoms with Crippen molar-refractivity contribution in [3.63, 3.8) is 0 Å². The van der Waals surface area contributed by atoms with E-state index in [4.69, 9.17) is 4.74 Å². The molecule has 0 saturated carbocycles. The summed E-state index contributed by atoms with van der Waals surface area (Å²) in [4.78, 5) is 9.15. The van der Waals surface area contributed by atoms with E-state index in [0.717, 1.165) is 43.5 Å². The predicted molar refractivity (Wildman–Crippen MR) is 112 cm³/mol. The summed E-state index contributed by atoms with van der Waals surface area (Å²) in [5.74, 6) is 3.29. The van der Waals surface area contributed by atoms with Gasteiger partial charge in [0.25, 0.3) is 0 Å². The number of anilines is 3. The Morgan fingerprint density at radius 1 is 1.07 bits per heavy atom. The van der Waals surface area contributed by atoms with E-state index in [1.54, 1.807) is 0 Å². The van der Waals surface area contributed by atoms with Gasteiger partial charge in [-0.3, -0.25) is 0 Å². The molecule has 27 heavy (non-hydrogen) atoms. The first kappa shape index (κ1) is 19.6. The molecule has 0 amide bonds. The minimum Gasteiger partial charge on any atom is -0.376 e. The van der Waals surface area contributed by atoms with Gasteiger partial charge >= 0.3 is 0 Å². The second-order valence-electron chi connectivity index (χ2n) is 7.95. The SMILES string of the molecule is Cc1nc(NCC2CCCO2)cc(Nc2c(C(C)C)cccc2C(C)C)n1. The first-order valence-electron chi connectivity index (χ1n) is 10.0. The van der Waals surface area contributed by atoms with Crippen LogP contribution in [0.15, 0.2) is 24.3 Å². The van der Waals surface area contributed by atoms with Crippen molar-refractivity contribution in [3.05, 3.63) is 41.2 Å². The van der Waals surface area contributed by atoms with Crippen LogP contribution in [0.5, 0.6) is 0 Å². The van der Waals surface area contributed by atoms with Crippen LogP contribution in [0.3, 0.4) is 0 Å². The van der Waals surface area contributed by atoms with E-state index in [0.29, 0.717) is 11.8 Å². The van der Waals surface area contributed by atoms with Gasteiger partial charge < -0.3 is 15.4 Å². The van der Waals surface area contributed by atoms with Crippen molar-refractivity contribution >= 4 is 17.3 Å². The highest BCUT2D eigenvalue weighted by Gasteiger charge is 2.17. The van der Waals surface area contributed by atoms with E-state index in [9.17, 15) is 0 Å². The average Bonchev–Trinajstić information content (AvgIpc) is 3.13. The summed E-state index contributed by atoms with van der Waals surface area (Å²) in [5.41, 5.74) is 3.79. The summed E-state index contributed by atoms with van der Waals surface area (Å²) in [7, 11) is 0. The number of nitrogens with zero attached hydrogens (tertiary/aromatic N) is 2. The molecular weight excluding hydrogens is 336 g/mol. The first-order chi connectivity index (χ1) is 12.9. The predicted octanol–water partition coefficient (Wildman–Crippen LogP) is 5.37. The number of benzene rings is 1. The molecule has 1 aliphatic heterocycles. The van der Waals surface area contributed by atoms with Crippen molar-refractivity contribution < 1.29 is 4.74 Å². The summed E-state index contributed by atoms with van der Waals surface area (Å²) >= 11 is 0. The van der Waals surface area contributed by atoms with Crippen LogP contribution in [-0.4, -0.2) is 29.2 Å². The third-order valence-electron chi connectivity index (χ3n) is 5.00. The maximum Gasteiger partial charge on any atom is 0.136 e. The fourth-order valence-corrected chi connectivity index (χ4v) is 3.57. The summed E-state index contributed by atoms with van der Waals surface area (Å²) in [5, 5.41) is 7.00. The molecule has 2 heterocycles. The third-order valence-corrected chi connectivity index (χ3v) is 5.00. The number of aryl methyl sites for hydroxylation is 1. The Kier molecular flexibility index (Phi) is 6.32. The molecule has 2 N–H and O–H groups in total. The van der Waals surface area contributed by atoms with E-state index in [1.165, 1.54) is 16.8 Å². The zero-order valence-corrected chi connectivity index (χ0v) is 17.2. The molecule has 0 aliphatic carbocycles. The van der Waals surface area contributed by atoms with E-state index >= 15 is 0 Å². The van der Waals surface area contributed by atoms with Gasteiger partial charge in [0.2, 0.25) is 0 Å². The summed E-state index contributed by atoms with van der Waals surface area (Å²) < 4.78 is 5.69. The van der Waals surface area contributed by atoms with Crippen LogP contribution >= 0.6 is 0 Å². The van der Waals surface area contributed by atoms with E-state index in [1.807, 2.05) is 13.0 Å². The molecule has 3 rings (SSSR count). The summed E-state index contributed by atoms with van der Waals surface area (Å²) in [6.45, 7) is 12.5. The summed E-state index contributed by atoms with van der Waals surface area (Å²) in [6, 6.07) is 8.53. The van der Waals surface area contributed by atoms with Gasteiger partial charge in [0.05, 0.1) is 6.10 Å². The van der Waals surface area contributed by atoms with Crippen LogP contribution in [0.2, 0.25) is 0 Å². The second kappa shape index (κ2) is 8.70.